The van der Waals surface area contributed by atoms with Gasteiger partial charge in [-0.3, -0.25) is 0 Å². The lowest BCUT2D eigenvalue weighted by atomic mass is 9.97. The van der Waals surface area contributed by atoms with Gasteiger partial charge >= 0.3 is 6.18 Å². The maximum atomic E-state index is 12.5. The van der Waals surface area contributed by atoms with E-state index in [9.17, 15) is 18.3 Å². The number of benzene rings is 2. The molecule has 0 heterocycles. The van der Waals surface area contributed by atoms with E-state index in [0.29, 0.717) is 5.56 Å². The molecule has 0 radical (unpaired) electrons. The molecule has 0 spiro atoms. The lowest BCUT2D eigenvalue weighted by Crippen LogP contribution is -2.20. The van der Waals surface area contributed by atoms with Gasteiger partial charge in [-0.1, -0.05) is 42.5 Å². The van der Waals surface area contributed by atoms with Crippen LogP contribution in [0.1, 0.15) is 17.2 Å². The second-order valence-corrected chi connectivity index (χ2v) is 4.38. The number of aryl methyl sites for hydroxylation is 1. The zero-order valence-electron chi connectivity index (χ0n) is 10.3. The predicted octanol–water partition coefficient (Wildman–Crippen LogP) is 4.26. The molecule has 0 saturated carbocycles. The molecule has 2 aromatic rings. The zero-order chi connectivity index (χ0) is 14.0. The van der Waals surface area contributed by atoms with Gasteiger partial charge in [-0.25, -0.2) is 0 Å². The minimum Gasteiger partial charge on any atom is -0.379 e. The molecule has 0 aliphatic rings. The molecule has 0 aromatic heterocycles. The molecule has 1 atom stereocenters. The fourth-order valence-corrected chi connectivity index (χ4v) is 1.96. The van der Waals surface area contributed by atoms with Gasteiger partial charge in [0.15, 0.2) is 6.10 Å². The van der Waals surface area contributed by atoms with Crippen LogP contribution >= 0.6 is 0 Å². The minimum atomic E-state index is -4.65. The van der Waals surface area contributed by atoms with Crippen molar-refractivity contribution >= 4 is 0 Å². The molecule has 2 rings (SSSR count). The SMILES string of the molecule is Cc1ccccc1-c1cccc([C@H](O)C(F)(F)F)c1. The van der Waals surface area contributed by atoms with Crippen LogP contribution in [-0.2, 0) is 0 Å². The average Bonchev–Trinajstić information content (AvgIpc) is 2.37. The molecule has 0 fully saturated rings. The molecule has 100 valence electrons. The first-order valence-electron chi connectivity index (χ1n) is 5.80. The molecule has 0 aliphatic heterocycles. The maximum absolute atomic E-state index is 12.5. The summed E-state index contributed by atoms with van der Waals surface area (Å²) in [7, 11) is 0. The van der Waals surface area contributed by atoms with Crippen LogP contribution in [0.3, 0.4) is 0 Å². The van der Waals surface area contributed by atoms with Crippen molar-refractivity contribution < 1.29 is 18.3 Å². The van der Waals surface area contributed by atoms with Crippen molar-refractivity contribution in [3.05, 3.63) is 59.7 Å². The van der Waals surface area contributed by atoms with E-state index in [1.54, 1.807) is 6.07 Å². The fourth-order valence-electron chi connectivity index (χ4n) is 1.96. The highest BCUT2D eigenvalue weighted by atomic mass is 19.4. The van der Waals surface area contributed by atoms with Gasteiger partial charge in [0.1, 0.15) is 0 Å². The number of rotatable bonds is 2. The Morgan fingerprint density at radius 1 is 1.00 bits per heavy atom. The monoisotopic (exact) mass is 266 g/mol. The summed E-state index contributed by atoms with van der Waals surface area (Å²) in [6.07, 6.45) is -7.10. The van der Waals surface area contributed by atoms with Gasteiger partial charge in [-0.2, -0.15) is 13.2 Å². The molecule has 1 nitrogen and oxygen atoms in total. The van der Waals surface area contributed by atoms with Crippen molar-refractivity contribution in [3.63, 3.8) is 0 Å². The third-order valence-corrected chi connectivity index (χ3v) is 2.97. The van der Waals surface area contributed by atoms with Crippen LogP contribution in [0.15, 0.2) is 48.5 Å². The summed E-state index contributed by atoms with van der Waals surface area (Å²) >= 11 is 0. The van der Waals surface area contributed by atoms with E-state index >= 15 is 0 Å². The first kappa shape index (κ1) is 13.6. The molecule has 0 aliphatic carbocycles. The van der Waals surface area contributed by atoms with Crippen LogP contribution < -0.4 is 0 Å². The second kappa shape index (κ2) is 5.05. The van der Waals surface area contributed by atoms with Crippen LogP contribution in [0, 0.1) is 6.92 Å². The summed E-state index contributed by atoms with van der Waals surface area (Å²) in [6, 6.07) is 13.3. The van der Waals surface area contributed by atoms with Crippen molar-refractivity contribution in [1.29, 1.82) is 0 Å². The lowest BCUT2D eigenvalue weighted by Gasteiger charge is -2.16. The Labute approximate surface area is 109 Å². The van der Waals surface area contributed by atoms with E-state index in [1.165, 1.54) is 18.2 Å². The van der Waals surface area contributed by atoms with Crippen LogP contribution in [0.25, 0.3) is 11.1 Å². The summed E-state index contributed by atoms with van der Waals surface area (Å²) in [5.74, 6) is 0. The summed E-state index contributed by atoms with van der Waals surface area (Å²) in [5.41, 5.74) is 2.35. The van der Waals surface area contributed by atoms with E-state index < -0.39 is 12.3 Å². The van der Waals surface area contributed by atoms with Gasteiger partial charge < -0.3 is 5.11 Å². The summed E-state index contributed by atoms with van der Waals surface area (Å²) in [5, 5.41) is 9.27. The fraction of sp³-hybridized carbons (Fsp3) is 0.200. The topological polar surface area (TPSA) is 20.2 Å². The molecule has 0 bridgehead atoms. The van der Waals surface area contributed by atoms with Crippen LogP contribution in [0.5, 0.6) is 0 Å². The Morgan fingerprint density at radius 2 is 1.68 bits per heavy atom. The average molecular weight is 266 g/mol. The van der Waals surface area contributed by atoms with E-state index in [0.717, 1.165) is 11.1 Å². The summed E-state index contributed by atoms with van der Waals surface area (Å²) < 4.78 is 37.5. The van der Waals surface area contributed by atoms with Crippen LogP contribution in [0.4, 0.5) is 13.2 Å². The zero-order valence-corrected chi connectivity index (χ0v) is 10.3. The normalized spacial score (nSPS) is 13.3. The van der Waals surface area contributed by atoms with Gasteiger partial charge in [-0.05, 0) is 35.2 Å². The third-order valence-electron chi connectivity index (χ3n) is 2.97. The van der Waals surface area contributed by atoms with E-state index in [4.69, 9.17) is 0 Å². The largest absolute Gasteiger partial charge is 0.418 e. The second-order valence-electron chi connectivity index (χ2n) is 4.38. The van der Waals surface area contributed by atoms with Gasteiger partial charge in [0.2, 0.25) is 0 Å². The number of alkyl halides is 3. The van der Waals surface area contributed by atoms with Gasteiger partial charge in [-0.15, -0.1) is 0 Å². The summed E-state index contributed by atoms with van der Waals surface area (Å²) in [6.45, 7) is 1.89. The highest BCUT2D eigenvalue weighted by molar-refractivity contribution is 5.67. The molecular formula is C15H13F3O. The number of hydrogen-bond acceptors (Lipinski definition) is 1. The Bertz CT molecular complexity index is 576. The molecule has 0 amide bonds. The van der Waals surface area contributed by atoms with Crippen molar-refractivity contribution in [2.75, 3.05) is 0 Å². The molecule has 0 saturated heterocycles. The standard InChI is InChI=1S/C15H13F3O/c1-10-5-2-3-8-13(10)11-6-4-7-12(9-11)14(19)15(16,17)18/h2-9,14,19H,1H3/t14-/m0/s1. The van der Waals surface area contributed by atoms with Crippen molar-refractivity contribution in [1.82, 2.24) is 0 Å². The quantitative estimate of drug-likeness (QED) is 0.861. The molecule has 19 heavy (non-hydrogen) atoms. The Morgan fingerprint density at radius 3 is 2.32 bits per heavy atom. The number of aliphatic hydroxyl groups is 1. The molecule has 1 N–H and O–H groups in total. The Balaban J connectivity index is 2.43. The number of hydrogen-bond donors (Lipinski definition) is 1. The smallest absolute Gasteiger partial charge is 0.379 e. The molecular weight excluding hydrogens is 253 g/mol. The van der Waals surface area contributed by atoms with E-state index in [-0.39, 0.29) is 5.56 Å². The van der Waals surface area contributed by atoms with Crippen molar-refractivity contribution in [2.24, 2.45) is 0 Å². The van der Waals surface area contributed by atoms with Crippen molar-refractivity contribution in [3.8, 4) is 11.1 Å². The van der Waals surface area contributed by atoms with E-state index in [1.807, 2.05) is 31.2 Å². The van der Waals surface area contributed by atoms with Gasteiger partial charge in [0.05, 0.1) is 0 Å². The highest BCUT2D eigenvalue weighted by Gasteiger charge is 2.39. The number of aliphatic hydroxyl groups excluding tert-OH is 1. The third kappa shape index (κ3) is 2.96. The first-order valence-corrected chi connectivity index (χ1v) is 5.80. The van der Waals surface area contributed by atoms with Crippen LogP contribution in [-0.4, -0.2) is 11.3 Å². The minimum absolute atomic E-state index is 0.145. The molecule has 0 unspecified atom stereocenters. The predicted molar refractivity (Wildman–Crippen MR) is 67.6 cm³/mol. The maximum Gasteiger partial charge on any atom is 0.418 e. The van der Waals surface area contributed by atoms with Crippen molar-refractivity contribution in [2.45, 2.75) is 19.2 Å². The van der Waals surface area contributed by atoms with Crippen LogP contribution in [0.2, 0.25) is 0 Å². The summed E-state index contributed by atoms with van der Waals surface area (Å²) in [4.78, 5) is 0. The lowest BCUT2D eigenvalue weighted by molar-refractivity contribution is -0.206. The first-order chi connectivity index (χ1) is 8.89. The molecule has 4 heteroatoms. The van der Waals surface area contributed by atoms with Gasteiger partial charge in [0, 0.05) is 0 Å². The Hall–Kier alpha value is -1.81. The van der Waals surface area contributed by atoms with E-state index in [2.05, 4.69) is 0 Å². The number of halogens is 3. The van der Waals surface area contributed by atoms with Gasteiger partial charge in [0.25, 0.3) is 0 Å². The highest BCUT2D eigenvalue weighted by Crippen LogP contribution is 2.34. The Kier molecular flexibility index (Phi) is 3.62. The molecule has 2 aromatic carbocycles.